The van der Waals surface area contributed by atoms with Gasteiger partial charge in [0.1, 0.15) is 17.0 Å². The van der Waals surface area contributed by atoms with Crippen molar-refractivity contribution in [3.05, 3.63) is 72.3 Å². The predicted octanol–water partition coefficient (Wildman–Crippen LogP) is 5.50. The Hall–Kier alpha value is -3.91. The molecule has 33 heavy (non-hydrogen) atoms. The van der Waals surface area contributed by atoms with Crippen LogP contribution in [0.1, 0.15) is 30.6 Å². The molecule has 3 aromatic carbocycles. The first-order valence-corrected chi connectivity index (χ1v) is 10.9. The second-order valence-electron chi connectivity index (χ2n) is 7.49. The number of anilines is 1. The second-order valence-corrected chi connectivity index (χ2v) is 7.90. The minimum Gasteiger partial charge on any atom is -0.507 e. The van der Waals surface area contributed by atoms with Gasteiger partial charge in [0.15, 0.2) is 10.7 Å². The van der Waals surface area contributed by atoms with Crippen LogP contribution < -0.4 is 15.4 Å². The number of benzene rings is 3. The maximum atomic E-state index is 12.5. The molecule has 0 saturated heterocycles. The van der Waals surface area contributed by atoms with Crippen molar-refractivity contribution in [3.8, 4) is 23.0 Å². The number of rotatable bonds is 6. The predicted molar refractivity (Wildman–Crippen MR) is 132 cm³/mol. The average Bonchev–Trinajstić information content (AvgIpc) is 3.24. The molecule has 1 heterocycles. The molecule has 0 fully saturated rings. The van der Waals surface area contributed by atoms with Crippen LogP contribution in [-0.2, 0) is 0 Å². The van der Waals surface area contributed by atoms with Crippen LogP contribution >= 0.6 is 12.2 Å². The van der Waals surface area contributed by atoms with Crippen LogP contribution in [0.3, 0.4) is 0 Å². The normalized spacial score (nSPS) is 11.7. The minimum atomic E-state index is -0.347. The topological polar surface area (TPSA) is 96.6 Å². The minimum absolute atomic E-state index is 0.0155. The van der Waals surface area contributed by atoms with Crippen molar-refractivity contribution in [2.24, 2.45) is 0 Å². The quantitative estimate of drug-likeness (QED) is 0.257. The Morgan fingerprint density at radius 2 is 1.91 bits per heavy atom. The maximum Gasteiger partial charge on any atom is 0.257 e. The van der Waals surface area contributed by atoms with Gasteiger partial charge >= 0.3 is 0 Å². The Bertz CT molecular complexity index is 1270. The summed E-state index contributed by atoms with van der Waals surface area (Å²) in [6, 6.07) is 19.0. The summed E-state index contributed by atoms with van der Waals surface area (Å²) in [4.78, 5) is 16.9. The van der Waals surface area contributed by atoms with Crippen LogP contribution in [0, 0.1) is 0 Å². The zero-order valence-corrected chi connectivity index (χ0v) is 19.0. The Morgan fingerprint density at radius 1 is 1.15 bits per heavy atom. The van der Waals surface area contributed by atoms with Crippen LogP contribution in [0.25, 0.3) is 22.6 Å². The van der Waals surface area contributed by atoms with Crippen molar-refractivity contribution in [1.82, 2.24) is 10.3 Å². The molecule has 0 radical (unpaired) electrons. The van der Waals surface area contributed by atoms with Gasteiger partial charge in [-0.1, -0.05) is 19.1 Å². The Labute approximate surface area is 196 Å². The number of hydrogen-bond donors (Lipinski definition) is 3. The van der Waals surface area contributed by atoms with Gasteiger partial charge in [-0.15, -0.1) is 0 Å². The highest BCUT2D eigenvalue weighted by Gasteiger charge is 2.14. The highest BCUT2D eigenvalue weighted by Crippen LogP contribution is 2.33. The number of amides is 1. The third-order valence-corrected chi connectivity index (χ3v) is 5.24. The van der Waals surface area contributed by atoms with E-state index in [4.69, 9.17) is 21.4 Å². The fourth-order valence-electron chi connectivity index (χ4n) is 3.11. The number of nitrogens with one attached hydrogen (secondary N) is 2. The summed E-state index contributed by atoms with van der Waals surface area (Å²) in [5.41, 5.74) is 2.73. The zero-order chi connectivity index (χ0) is 23.4. The van der Waals surface area contributed by atoms with Crippen molar-refractivity contribution in [2.75, 3.05) is 5.32 Å². The van der Waals surface area contributed by atoms with Crippen molar-refractivity contribution in [1.29, 1.82) is 0 Å². The monoisotopic (exact) mass is 461 g/mol. The molecule has 0 bridgehead atoms. The van der Waals surface area contributed by atoms with E-state index in [1.165, 1.54) is 6.07 Å². The summed E-state index contributed by atoms with van der Waals surface area (Å²) in [7, 11) is 0. The van der Waals surface area contributed by atoms with E-state index >= 15 is 0 Å². The number of fused-ring (bicyclic) bond motifs is 1. The first kappa shape index (κ1) is 22.3. The molecule has 8 heteroatoms. The lowest BCUT2D eigenvalue weighted by atomic mass is 10.1. The number of thiocarbonyl (C=S) groups is 1. The molecule has 4 rings (SSSR count). The van der Waals surface area contributed by atoms with Gasteiger partial charge in [0, 0.05) is 11.3 Å². The third kappa shape index (κ3) is 5.30. The molecular weight excluding hydrogens is 438 g/mol. The molecule has 0 aliphatic rings. The van der Waals surface area contributed by atoms with Crippen molar-refractivity contribution in [2.45, 2.75) is 26.4 Å². The number of para-hydroxylation sites is 2. The third-order valence-electron chi connectivity index (χ3n) is 5.03. The molecule has 3 N–H and O–H groups in total. The molecule has 0 unspecified atom stereocenters. The first-order valence-electron chi connectivity index (χ1n) is 10.5. The van der Waals surface area contributed by atoms with Crippen LogP contribution in [0.2, 0.25) is 0 Å². The molecule has 0 aliphatic carbocycles. The van der Waals surface area contributed by atoms with Gasteiger partial charge in [-0.2, -0.15) is 0 Å². The number of hydrogen-bond acceptors (Lipinski definition) is 6. The molecule has 1 atom stereocenters. The zero-order valence-electron chi connectivity index (χ0n) is 18.2. The number of ether oxygens (including phenoxy) is 1. The van der Waals surface area contributed by atoms with Gasteiger partial charge in [0.2, 0.25) is 5.89 Å². The lowest BCUT2D eigenvalue weighted by Crippen LogP contribution is -2.34. The summed E-state index contributed by atoms with van der Waals surface area (Å²) in [6.07, 6.45) is 1.000. The van der Waals surface area contributed by atoms with Gasteiger partial charge in [-0.3, -0.25) is 10.1 Å². The summed E-state index contributed by atoms with van der Waals surface area (Å²) < 4.78 is 11.5. The molecule has 1 amide bonds. The molecule has 7 nitrogen and oxygen atoms in total. The van der Waals surface area contributed by atoms with Gasteiger partial charge in [-0.05, 0) is 80.2 Å². The Morgan fingerprint density at radius 3 is 2.64 bits per heavy atom. The average molecular weight is 462 g/mol. The van der Waals surface area contributed by atoms with Crippen LogP contribution in [0.15, 0.2) is 71.1 Å². The number of aromatic nitrogens is 1. The maximum absolute atomic E-state index is 12.5. The van der Waals surface area contributed by atoms with Gasteiger partial charge < -0.3 is 19.6 Å². The number of nitrogens with zero attached hydrogens (tertiary/aromatic N) is 1. The van der Waals surface area contributed by atoms with Gasteiger partial charge in [-0.25, -0.2) is 4.98 Å². The summed E-state index contributed by atoms with van der Waals surface area (Å²) >= 11 is 5.29. The van der Waals surface area contributed by atoms with E-state index in [0.29, 0.717) is 33.7 Å². The standard InChI is InChI=1S/C25H23N3O4S/c1-3-15(2)31-18-11-8-16(9-12-18)23(30)28-25(33)26-17-10-13-21(29)19(14-17)24-27-20-6-4-5-7-22(20)32-24/h4-15,29H,3H2,1-2H3,(H2,26,28,30,33)/t15-/m0/s1. The molecule has 4 aromatic rings. The Balaban J connectivity index is 1.43. The number of aromatic hydroxyl groups is 1. The van der Waals surface area contributed by atoms with Crippen molar-refractivity contribution < 1.29 is 19.1 Å². The summed E-state index contributed by atoms with van der Waals surface area (Å²) in [5.74, 6) is 0.659. The fraction of sp³-hybridized carbons (Fsp3) is 0.160. The number of oxazole rings is 1. The molecule has 0 saturated carbocycles. The van der Waals surface area contributed by atoms with Crippen LogP contribution in [0.5, 0.6) is 11.5 Å². The number of carbonyl (C=O) groups excluding carboxylic acids is 1. The Kier molecular flexibility index (Phi) is 6.55. The number of phenolic OH excluding ortho intramolecular Hbond substituents is 1. The van der Waals surface area contributed by atoms with Crippen LogP contribution in [-0.4, -0.2) is 27.2 Å². The summed E-state index contributed by atoms with van der Waals surface area (Å²) in [6.45, 7) is 4.04. The molecule has 0 spiro atoms. The largest absolute Gasteiger partial charge is 0.507 e. The van der Waals surface area contributed by atoms with E-state index in [0.717, 1.165) is 6.42 Å². The van der Waals surface area contributed by atoms with E-state index in [-0.39, 0.29) is 28.8 Å². The molecule has 168 valence electrons. The van der Waals surface area contributed by atoms with E-state index < -0.39 is 0 Å². The lowest BCUT2D eigenvalue weighted by molar-refractivity contribution is 0.0977. The van der Waals surface area contributed by atoms with E-state index in [1.54, 1.807) is 42.5 Å². The van der Waals surface area contributed by atoms with Gasteiger partial charge in [0.25, 0.3) is 5.91 Å². The second kappa shape index (κ2) is 9.70. The molecule has 0 aliphatic heterocycles. The number of carbonyl (C=O) groups is 1. The van der Waals surface area contributed by atoms with Gasteiger partial charge in [0.05, 0.1) is 11.7 Å². The van der Waals surface area contributed by atoms with E-state index in [1.807, 2.05) is 32.0 Å². The highest BCUT2D eigenvalue weighted by molar-refractivity contribution is 7.80. The van der Waals surface area contributed by atoms with E-state index in [9.17, 15) is 9.90 Å². The van der Waals surface area contributed by atoms with Crippen molar-refractivity contribution >= 4 is 40.0 Å². The smallest absolute Gasteiger partial charge is 0.257 e. The highest BCUT2D eigenvalue weighted by atomic mass is 32.1. The van der Waals surface area contributed by atoms with Crippen molar-refractivity contribution in [3.63, 3.8) is 0 Å². The van der Waals surface area contributed by atoms with E-state index in [2.05, 4.69) is 15.6 Å². The molecular formula is C25H23N3O4S. The van der Waals surface area contributed by atoms with Crippen LogP contribution in [0.4, 0.5) is 5.69 Å². The fourth-order valence-corrected chi connectivity index (χ4v) is 3.32. The summed E-state index contributed by atoms with van der Waals surface area (Å²) in [5, 5.41) is 16.0. The lowest BCUT2D eigenvalue weighted by Gasteiger charge is -2.13. The number of phenols is 1. The molecule has 1 aromatic heterocycles. The SMILES string of the molecule is CC[C@H](C)Oc1ccc(C(=O)NC(=S)Nc2ccc(O)c(-c3nc4ccccc4o3)c2)cc1. The first-order chi connectivity index (χ1) is 15.9.